The second-order valence-corrected chi connectivity index (χ2v) is 6.50. The van der Waals surface area contributed by atoms with Crippen LogP contribution in [0.1, 0.15) is 16.1 Å². The number of hydrogen-bond acceptors (Lipinski definition) is 3. The largest absolute Gasteiger partial charge is 0.485 e. The van der Waals surface area contributed by atoms with Crippen LogP contribution in [-0.2, 0) is 6.61 Å². The number of nitrogens with zero attached hydrogens (tertiary/aromatic N) is 2. The number of para-hydroxylation sites is 1. The van der Waals surface area contributed by atoms with E-state index in [2.05, 4.69) is 10.4 Å². The molecule has 7 heteroatoms. The Balaban J connectivity index is 1.62. The van der Waals surface area contributed by atoms with Crippen LogP contribution in [0.25, 0.3) is 5.69 Å². The lowest BCUT2D eigenvalue weighted by Crippen LogP contribution is -2.14. The minimum Gasteiger partial charge on any atom is -0.485 e. The summed E-state index contributed by atoms with van der Waals surface area (Å²) < 4.78 is 33.6. The molecule has 1 N–H and O–H groups in total. The molecule has 0 atom stereocenters. The summed E-state index contributed by atoms with van der Waals surface area (Å²) >= 11 is 0. The van der Waals surface area contributed by atoms with Crippen molar-refractivity contribution in [3.63, 3.8) is 0 Å². The van der Waals surface area contributed by atoms with Gasteiger partial charge in [-0.25, -0.2) is 13.5 Å². The van der Waals surface area contributed by atoms with E-state index in [4.69, 9.17) is 4.74 Å². The number of hydrogen-bond donors (Lipinski definition) is 1. The lowest BCUT2D eigenvalue weighted by molar-refractivity contribution is 0.101. The highest BCUT2D eigenvalue weighted by Crippen LogP contribution is 2.23. The average Bonchev–Trinajstić information content (AvgIpc) is 3.19. The molecule has 1 aromatic heterocycles. The Labute approximate surface area is 171 Å². The summed E-state index contributed by atoms with van der Waals surface area (Å²) in [5.41, 5.74) is 2.00. The SMILES string of the molecule is O=C(Nc1ccccc1)c1nn(-c2ccc(F)cc2)cc1OCc1ccc(F)cc1. The van der Waals surface area contributed by atoms with Gasteiger partial charge in [0.05, 0.1) is 11.9 Å². The van der Waals surface area contributed by atoms with Gasteiger partial charge in [-0.05, 0) is 54.1 Å². The summed E-state index contributed by atoms with van der Waals surface area (Å²) in [6.07, 6.45) is 1.55. The van der Waals surface area contributed by atoms with Gasteiger partial charge in [0.1, 0.15) is 18.2 Å². The fourth-order valence-electron chi connectivity index (χ4n) is 2.80. The normalized spacial score (nSPS) is 10.6. The van der Waals surface area contributed by atoms with E-state index >= 15 is 0 Å². The highest BCUT2D eigenvalue weighted by Gasteiger charge is 2.19. The van der Waals surface area contributed by atoms with Crippen molar-refractivity contribution >= 4 is 11.6 Å². The summed E-state index contributed by atoms with van der Waals surface area (Å²) in [7, 11) is 0. The first-order valence-corrected chi connectivity index (χ1v) is 9.18. The number of rotatable bonds is 6. The number of benzene rings is 3. The summed E-state index contributed by atoms with van der Waals surface area (Å²) in [6, 6.07) is 20.5. The van der Waals surface area contributed by atoms with Crippen LogP contribution >= 0.6 is 0 Å². The number of anilines is 1. The van der Waals surface area contributed by atoms with Crippen molar-refractivity contribution in [3.8, 4) is 11.4 Å². The standard InChI is InChI=1S/C23H17F2N3O2/c24-17-8-6-16(7-9-17)15-30-21-14-28(20-12-10-18(25)11-13-20)27-22(21)23(29)26-19-4-2-1-3-5-19/h1-14H,15H2,(H,26,29). The first-order chi connectivity index (χ1) is 14.6. The Kier molecular flexibility index (Phi) is 5.52. The maximum Gasteiger partial charge on any atom is 0.280 e. The molecule has 150 valence electrons. The van der Waals surface area contributed by atoms with Crippen LogP contribution in [-0.4, -0.2) is 15.7 Å². The molecular weight excluding hydrogens is 388 g/mol. The zero-order valence-electron chi connectivity index (χ0n) is 15.8. The number of aromatic nitrogens is 2. The molecule has 0 unspecified atom stereocenters. The van der Waals surface area contributed by atoms with Crippen LogP contribution in [0.2, 0.25) is 0 Å². The fraction of sp³-hybridized carbons (Fsp3) is 0.0435. The molecule has 0 aliphatic rings. The number of halogens is 2. The van der Waals surface area contributed by atoms with Gasteiger partial charge in [-0.2, -0.15) is 5.10 Å². The molecule has 0 saturated heterocycles. The summed E-state index contributed by atoms with van der Waals surface area (Å²) in [5, 5.41) is 7.10. The molecule has 3 aromatic carbocycles. The second kappa shape index (κ2) is 8.57. The first-order valence-electron chi connectivity index (χ1n) is 9.18. The number of ether oxygens (including phenoxy) is 1. The van der Waals surface area contributed by atoms with Crippen LogP contribution in [0.3, 0.4) is 0 Å². The zero-order valence-corrected chi connectivity index (χ0v) is 15.8. The maximum absolute atomic E-state index is 13.2. The van der Waals surface area contributed by atoms with Crippen LogP contribution in [0.5, 0.6) is 5.75 Å². The lowest BCUT2D eigenvalue weighted by atomic mass is 10.2. The molecule has 0 aliphatic carbocycles. The Morgan fingerprint density at radius 3 is 2.20 bits per heavy atom. The zero-order chi connectivity index (χ0) is 20.9. The molecule has 4 rings (SSSR count). The van der Waals surface area contributed by atoms with Gasteiger partial charge in [0.25, 0.3) is 5.91 Å². The van der Waals surface area contributed by atoms with E-state index in [-0.39, 0.29) is 29.7 Å². The lowest BCUT2D eigenvalue weighted by Gasteiger charge is -2.07. The van der Waals surface area contributed by atoms with Gasteiger partial charge in [-0.1, -0.05) is 30.3 Å². The minimum atomic E-state index is -0.448. The van der Waals surface area contributed by atoms with E-state index in [1.54, 1.807) is 54.7 Å². The quantitative estimate of drug-likeness (QED) is 0.492. The van der Waals surface area contributed by atoms with Gasteiger partial charge in [0.2, 0.25) is 0 Å². The Morgan fingerprint density at radius 1 is 0.900 bits per heavy atom. The van der Waals surface area contributed by atoms with Crippen molar-refractivity contribution in [1.82, 2.24) is 9.78 Å². The maximum atomic E-state index is 13.2. The topological polar surface area (TPSA) is 56.2 Å². The minimum absolute atomic E-state index is 0.0743. The summed E-state index contributed by atoms with van der Waals surface area (Å²) in [6.45, 7) is 0.126. The van der Waals surface area contributed by atoms with E-state index < -0.39 is 5.91 Å². The first kappa shape index (κ1) is 19.3. The summed E-state index contributed by atoms with van der Waals surface area (Å²) in [4.78, 5) is 12.8. The molecule has 1 amide bonds. The Morgan fingerprint density at radius 2 is 1.53 bits per heavy atom. The smallest absolute Gasteiger partial charge is 0.280 e. The van der Waals surface area contributed by atoms with Gasteiger partial charge >= 0.3 is 0 Å². The number of carbonyl (C=O) groups is 1. The third kappa shape index (κ3) is 4.52. The second-order valence-electron chi connectivity index (χ2n) is 6.50. The van der Waals surface area contributed by atoms with Crippen LogP contribution < -0.4 is 10.1 Å². The van der Waals surface area contributed by atoms with Crippen LogP contribution in [0.4, 0.5) is 14.5 Å². The van der Waals surface area contributed by atoms with Gasteiger partial charge in [0.15, 0.2) is 11.4 Å². The Bertz CT molecular complexity index is 1140. The van der Waals surface area contributed by atoms with E-state index in [9.17, 15) is 13.6 Å². The van der Waals surface area contributed by atoms with Crippen molar-refractivity contribution in [3.05, 3.63) is 108 Å². The van der Waals surface area contributed by atoms with Crippen molar-refractivity contribution in [2.45, 2.75) is 6.61 Å². The molecule has 0 spiro atoms. The van der Waals surface area contributed by atoms with Gasteiger partial charge in [0, 0.05) is 5.69 Å². The monoisotopic (exact) mass is 405 g/mol. The third-order valence-corrected chi connectivity index (χ3v) is 4.33. The van der Waals surface area contributed by atoms with E-state index in [1.165, 1.54) is 28.9 Å². The fourth-order valence-corrected chi connectivity index (χ4v) is 2.80. The van der Waals surface area contributed by atoms with Crippen molar-refractivity contribution in [1.29, 1.82) is 0 Å². The molecule has 5 nitrogen and oxygen atoms in total. The average molecular weight is 405 g/mol. The number of nitrogens with one attached hydrogen (secondary N) is 1. The molecule has 30 heavy (non-hydrogen) atoms. The molecule has 0 aliphatic heterocycles. The molecule has 0 radical (unpaired) electrons. The van der Waals surface area contributed by atoms with E-state index in [0.29, 0.717) is 11.4 Å². The molecular formula is C23H17F2N3O2. The molecule has 0 saturated carbocycles. The van der Waals surface area contributed by atoms with Crippen molar-refractivity contribution in [2.75, 3.05) is 5.32 Å². The molecule has 4 aromatic rings. The number of carbonyl (C=O) groups excluding carboxylic acids is 1. The summed E-state index contributed by atoms with van der Waals surface area (Å²) in [5.74, 6) is -0.917. The van der Waals surface area contributed by atoms with Crippen molar-refractivity contribution < 1.29 is 18.3 Å². The van der Waals surface area contributed by atoms with Gasteiger partial charge in [-0.15, -0.1) is 0 Å². The Hall–Kier alpha value is -4.00. The molecule has 0 fully saturated rings. The van der Waals surface area contributed by atoms with E-state index in [0.717, 1.165) is 5.56 Å². The van der Waals surface area contributed by atoms with Crippen molar-refractivity contribution in [2.24, 2.45) is 0 Å². The predicted octanol–water partition coefficient (Wildman–Crippen LogP) is 4.98. The van der Waals surface area contributed by atoms with Gasteiger partial charge < -0.3 is 10.1 Å². The number of amides is 1. The highest BCUT2D eigenvalue weighted by molar-refractivity contribution is 6.04. The van der Waals surface area contributed by atoms with Crippen LogP contribution in [0, 0.1) is 11.6 Å². The van der Waals surface area contributed by atoms with E-state index in [1.807, 2.05) is 6.07 Å². The highest BCUT2D eigenvalue weighted by atomic mass is 19.1. The third-order valence-electron chi connectivity index (χ3n) is 4.33. The molecule has 1 heterocycles. The van der Waals surface area contributed by atoms with Gasteiger partial charge in [-0.3, -0.25) is 4.79 Å². The molecule has 0 bridgehead atoms. The predicted molar refractivity (Wildman–Crippen MR) is 109 cm³/mol. The van der Waals surface area contributed by atoms with Crippen LogP contribution in [0.15, 0.2) is 85.1 Å².